The van der Waals surface area contributed by atoms with Crippen molar-refractivity contribution in [2.24, 2.45) is 0 Å². The van der Waals surface area contributed by atoms with Gasteiger partial charge in [-0.2, -0.15) is 0 Å². The number of halogens is 1. The van der Waals surface area contributed by atoms with Gasteiger partial charge in [0, 0.05) is 5.56 Å². The van der Waals surface area contributed by atoms with Crippen LogP contribution in [-0.2, 0) is 16.5 Å². The van der Waals surface area contributed by atoms with Crippen molar-refractivity contribution in [3.8, 4) is 16.9 Å². The Labute approximate surface area is 140 Å². The van der Waals surface area contributed by atoms with E-state index in [-0.39, 0.29) is 5.75 Å². The molecule has 0 fully saturated rings. The van der Waals surface area contributed by atoms with Crippen LogP contribution in [0.1, 0.15) is 11.3 Å². The van der Waals surface area contributed by atoms with Crippen molar-refractivity contribution >= 4 is 22.3 Å². The van der Waals surface area contributed by atoms with Crippen molar-refractivity contribution in [2.45, 2.75) is 12.7 Å². The molecule has 3 aromatic rings. The standard InChI is InChI=1S/C16H14ClN3O2S/c1-11-2-4-12(5-3-11)15-16(17)19-10-20(15)14-7-6-13(18-8-14)9-23(21)22/h2-8,10,23H,9H2,1H3. The number of pyridine rings is 1. The zero-order valence-electron chi connectivity index (χ0n) is 12.3. The van der Waals surface area contributed by atoms with Gasteiger partial charge in [-0.25, -0.2) is 13.4 Å². The number of thiol groups is 1. The highest BCUT2D eigenvalue weighted by atomic mass is 35.5. The van der Waals surface area contributed by atoms with Crippen molar-refractivity contribution in [3.63, 3.8) is 0 Å². The van der Waals surface area contributed by atoms with E-state index in [1.165, 1.54) is 0 Å². The Morgan fingerprint density at radius 2 is 1.83 bits per heavy atom. The van der Waals surface area contributed by atoms with E-state index in [1.54, 1.807) is 24.7 Å². The third-order valence-electron chi connectivity index (χ3n) is 3.43. The van der Waals surface area contributed by atoms with Crippen molar-refractivity contribution in [3.05, 3.63) is 65.3 Å². The molecular weight excluding hydrogens is 334 g/mol. The molecule has 0 bridgehead atoms. The van der Waals surface area contributed by atoms with Crippen LogP contribution < -0.4 is 0 Å². The lowest BCUT2D eigenvalue weighted by molar-refractivity contribution is 0.613. The molecule has 0 saturated carbocycles. The van der Waals surface area contributed by atoms with Gasteiger partial charge in [0.15, 0.2) is 5.15 Å². The van der Waals surface area contributed by atoms with Crippen LogP contribution in [0.3, 0.4) is 0 Å². The molecule has 2 heterocycles. The number of rotatable bonds is 4. The first-order valence-electron chi connectivity index (χ1n) is 6.91. The van der Waals surface area contributed by atoms with E-state index in [9.17, 15) is 8.42 Å². The zero-order chi connectivity index (χ0) is 16.4. The molecule has 0 radical (unpaired) electrons. The molecule has 23 heavy (non-hydrogen) atoms. The minimum absolute atomic E-state index is 0.0644. The maximum Gasteiger partial charge on any atom is 0.155 e. The number of hydrogen-bond donors (Lipinski definition) is 1. The van der Waals surface area contributed by atoms with Gasteiger partial charge >= 0.3 is 0 Å². The predicted octanol–water partition coefficient (Wildman–Crippen LogP) is 3.01. The van der Waals surface area contributed by atoms with Gasteiger partial charge in [-0.05, 0) is 19.1 Å². The van der Waals surface area contributed by atoms with Gasteiger partial charge in [-0.1, -0.05) is 41.4 Å². The van der Waals surface area contributed by atoms with Crippen LogP contribution in [0, 0.1) is 6.92 Å². The average Bonchev–Trinajstić information content (AvgIpc) is 2.90. The molecule has 3 rings (SSSR count). The van der Waals surface area contributed by atoms with Crippen LogP contribution in [0.2, 0.25) is 5.15 Å². The summed E-state index contributed by atoms with van der Waals surface area (Å²) in [5, 5.41) is 0.403. The fourth-order valence-electron chi connectivity index (χ4n) is 2.28. The summed E-state index contributed by atoms with van der Waals surface area (Å²) < 4.78 is 23.4. The molecule has 0 N–H and O–H groups in total. The molecule has 7 heteroatoms. The molecule has 0 amide bonds. The van der Waals surface area contributed by atoms with Crippen LogP contribution in [0.25, 0.3) is 16.9 Å². The van der Waals surface area contributed by atoms with E-state index in [2.05, 4.69) is 9.97 Å². The first-order chi connectivity index (χ1) is 11.0. The second-order valence-corrected chi connectivity index (χ2v) is 6.46. The Balaban J connectivity index is 2.02. The van der Waals surface area contributed by atoms with Crippen molar-refractivity contribution in [1.82, 2.24) is 14.5 Å². The molecule has 0 spiro atoms. The highest BCUT2D eigenvalue weighted by molar-refractivity contribution is 7.71. The molecule has 0 atom stereocenters. The monoisotopic (exact) mass is 347 g/mol. The van der Waals surface area contributed by atoms with E-state index in [0.29, 0.717) is 10.8 Å². The van der Waals surface area contributed by atoms with E-state index >= 15 is 0 Å². The van der Waals surface area contributed by atoms with Crippen LogP contribution in [-0.4, -0.2) is 23.0 Å². The largest absolute Gasteiger partial charge is 0.296 e. The maximum absolute atomic E-state index is 10.8. The van der Waals surface area contributed by atoms with Gasteiger partial charge in [0.05, 0.1) is 29.0 Å². The van der Waals surface area contributed by atoms with Crippen LogP contribution in [0.15, 0.2) is 48.9 Å². The number of hydrogen-bond acceptors (Lipinski definition) is 4. The minimum Gasteiger partial charge on any atom is -0.296 e. The summed E-state index contributed by atoms with van der Waals surface area (Å²) in [4.78, 5) is 8.34. The Morgan fingerprint density at radius 1 is 1.09 bits per heavy atom. The quantitative estimate of drug-likeness (QED) is 0.737. The SMILES string of the molecule is Cc1ccc(-c2c(Cl)ncn2-c2ccc(C[SH](=O)=O)nc2)cc1. The second-order valence-electron chi connectivity index (χ2n) is 5.12. The summed E-state index contributed by atoms with van der Waals surface area (Å²) in [5.74, 6) is -0.0644. The summed E-state index contributed by atoms with van der Waals surface area (Å²) in [6.07, 6.45) is 3.24. The Bertz CT molecular complexity index is 892. The molecular formula is C16H14ClN3O2S. The van der Waals surface area contributed by atoms with E-state index < -0.39 is 10.7 Å². The van der Waals surface area contributed by atoms with Gasteiger partial charge in [-0.3, -0.25) is 9.55 Å². The Kier molecular flexibility index (Phi) is 4.45. The van der Waals surface area contributed by atoms with Crippen molar-refractivity contribution in [1.29, 1.82) is 0 Å². The average molecular weight is 348 g/mol. The van der Waals surface area contributed by atoms with Crippen LogP contribution >= 0.6 is 11.6 Å². The van der Waals surface area contributed by atoms with Gasteiger partial charge < -0.3 is 0 Å². The normalized spacial score (nSPS) is 11.1. The molecule has 2 aromatic heterocycles. The highest BCUT2D eigenvalue weighted by Crippen LogP contribution is 2.29. The Hall–Kier alpha value is -2.18. The van der Waals surface area contributed by atoms with Gasteiger partial charge in [0.25, 0.3) is 0 Å². The lowest BCUT2D eigenvalue weighted by Gasteiger charge is -2.09. The molecule has 5 nitrogen and oxygen atoms in total. The third kappa shape index (κ3) is 3.43. The lowest BCUT2D eigenvalue weighted by Crippen LogP contribution is -1.98. The van der Waals surface area contributed by atoms with Crippen LogP contribution in [0.4, 0.5) is 0 Å². The molecule has 0 aliphatic rings. The number of nitrogens with zero attached hydrogens (tertiary/aromatic N) is 3. The molecule has 118 valence electrons. The molecule has 0 saturated heterocycles. The number of aromatic nitrogens is 3. The smallest absolute Gasteiger partial charge is 0.155 e. The fraction of sp³-hybridized carbons (Fsp3) is 0.125. The van der Waals surface area contributed by atoms with E-state index in [1.807, 2.05) is 35.8 Å². The first-order valence-corrected chi connectivity index (χ1v) is 8.65. The third-order valence-corrected chi connectivity index (χ3v) is 4.29. The second kappa shape index (κ2) is 6.52. The van der Waals surface area contributed by atoms with E-state index in [0.717, 1.165) is 22.5 Å². The highest BCUT2D eigenvalue weighted by Gasteiger charge is 2.13. The molecule has 1 aromatic carbocycles. The summed E-state index contributed by atoms with van der Waals surface area (Å²) in [6.45, 7) is 2.02. The molecule has 0 aliphatic heterocycles. The summed E-state index contributed by atoms with van der Waals surface area (Å²) >= 11 is 6.24. The number of imidazole rings is 1. The fourth-order valence-corrected chi connectivity index (χ4v) is 2.97. The van der Waals surface area contributed by atoms with Gasteiger partial charge in [0.2, 0.25) is 0 Å². The van der Waals surface area contributed by atoms with Crippen LogP contribution in [0.5, 0.6) is 0 Å². The Morgan fingerprint density at radius 3 is 2.43 bits per heavy atom. The molecule has 0 unspecified atom stereocenters. The molecule has 0 aliphatic carbocycles. The maximum atomic E-state index is 10.8. The van der Waals surface area contributed by atoms with Gasteiger partial charge in [-0.15, -0.1) is 0 Å². The van der Waals surface area contributed by atoms with Crippen molar-refractivity contribution in [2.75, 3.05) is 0 Å². The van der Waals surface area contributed by atoms with Crippen molar-refractivity contribution < 1.29 is 8.42 Å². The summed E-state index contributed by atoms with van der Waals surface area (Å²) in [5.41, 5.74) is 4.16. The first kappa shape index (κ1) is 15.7. The minimum atomic E-state index is -2.48. The topological polar surface area (TPSA) is 64.8 Å². The van der Waals surface area contributed by atoms with Gasteiger partial charge in [0.1, 0.15) is 17.0 Å². The predicted molar refractivity (Wildman–Crippen MR) is 90.6 cm³/mol. The number of aryl methyl sites for hydroxylation is 1. The summed E-state index contributed by atoms with van der Waals surface area (Å²) in [6, 6.07) is 11.5. The number of benzene rings is 1. The summed E-state index contributed by atoms with van der Waals surface area (Å²) in [7, 11) is -2.48. The lowest BCUT2D eigenvalue weighted by atomic mass is 10.1. The van der Waals surface area contributed by atoms with E-state index in [4.69, 9.17) is 11.6 Å². The zero-order valence-corrected chi connectivity index (χ0v) is 14.0.